The van der Waals surface area contributed by atoms with Crippen molar-refractivity contribution < 1.29 is 9.47 Å². The molecule has 1 fully saturated rings. The fraction of sp³-hybridized carbons (Fsp3) is 0.600. The number of rotatable bonds is 7. The highest BCUT2D eigenvalue weighted by Crippen LogP contribution is 2.28. The summed E-state index contributed by atoms with van der Waals surface area (Å²) in [5.74, 6) is 1.65. The highest BCUT2D eigenvalue weighted by molar-refractivity contribution is 5.59. The number of methoxy groups -OCH3 is 2. The number of benzene rings is 1. The molecule has 0 amide bonds. The minimum Gasteiger partial charge on any atom is -0.497 e. The molecule has 4 heteroatoms. The smallest absolute Gasteiger partial charge is 0.145 e. The van der Waals surface area contributed by atoms with Gasteiger partial charge in [0, 0.05) is 12.6 Å². The number of nitrogens with one attached hydrogen (secondary N) is 1. The van der Waals surface area contributed by atoms with Crippen molar-refractivity contribution in [2.45, 2.75) is 19.3 Å². The largest absolute Gasteiger partial charge is 0.497 e. The molecule has 0 saturated carbocycles. The molecule has 0 unspecified atom stereocenters. The first-order chi connectivity index (χ1) is 9.33. The van der Waals surface area contributed by atoms with Gasteiger partial charge in [-0.25, -0.2) is 0 Å². The lowest BCUT2D eigenvalue weighted by molar-refractivity contribution is 0.337. The molecule has 1 aromatic rings. The van der Waals surface area contributed by atoms with Crippen molar-refractivity contribution in [3.05, 3.63) is 18.2 Å². The van der Waals surface area contributed by atoms with Gasteiger partial charge in [-0.1, -0.05) is 0 Å². The number of hydrogen-bond donors (Lipinski definition) is 1. The fourth-order valence-corrected chi connectivity index (χ4v) is 2.48. The van der Waals surface area contributed by atoms with E-state index in [-0.39, 0.29) is 0 Å². The molecule has 1 heterocycles. The van der Waals surface area contributed by atoms with Crippen LogP contribution in [-0.2, 0) is 0 Å². The number of hydrogen-bond acceptors (Lipinski definition) is 4. The normalized spacial score (nSPS) is 15.5. The standard InChI is InChI=1S/C15H24N2O2/c1-18-13-6-7-14(15(12-13)19-2)16-8-5-11-17-9-3-4-10-17/h6-7,12,16H,3-5,8-11H2,1-2H3. The topological polar surface area (TPSA) is 33.7 Å². The summed E-state index contributed by atoms with van der Waals surface area (Å²) in [4.78, 5) is 2.53. The SMILES string of the molecule is COc1ccc(NCCCN2CCCC2)c(OC)c1. The lowest BCUT2D eigenvalue weighted by atomic mass is 10.2. The summed E-state index contributed by atoms with van der Waals surface area (Å²) in [6.07, 6.45) is 3.88. The van der Waals surface area contributed by atoms with Crippen LogP contribution in [0.25, 0.3) is 0 Å². The van der Waals surface area contributed by atoms with Crippen LogP contribution in [0.1, 0.15) is 19.3 Å². The van der Waals surface area contributed by atoms with Crippen LogP contribution in [0.5, 0.6) is 11.5 Å². The zero-order valence-corrected chi connectivity index (χ0v) is 11.9. The Labute approximate surface area is 115 Å². The summed E-state index contributed by atoms with van der Waals surface area (Å²) in [7, 11) is 3.35. The maximum atomic E-state index is 5.37. The van der Waals surface area contributed by atoms with Gasteiger partial charge in [0.2, 0.25) is 0 Å². The average molecular weight is 264 g/mol. The minimum atomic E-state index is 0.819. The molecule has 1 N–H and O–H groups in total. The van der Waals surface area contributed by atoms with E-state index in [1.807, 2.05) is 18.2 Å². The third-order valence-electron chi connectivity index (χ3n) is 3.57. The van der Waals surface area contributed by atoms with E-state index in [4.69, 9.17) is 9.47 Å². The Bertz CT molecular complexity index is 390. The van der Waals surface area contributed by atoms with E-state index in [0.29, 0.717) is 0 Å². The van der Waals surface area contributed by atoms with Crippen molar-refractivity contribution >= 4 is 5.69 Å². The molecule has 1 saturated heterocycles. The molecule has 0 aromatic heterocycles. The van der Waals surface area contributed by atoms with E-state index in [0.717, 1.165) is 30.2 Å². The van der Waals surface area contributed by atoms with Gasteiger partial charge in [-0.15, -0.1) is 0 Å². The molecule has 106 valence electrons. The van der Waals surface area contributed by atoms with Gasteiger partial charge in [0.1, 0.15) is 11.5 Å². The van der Waals surface area contributed by atoms with Crippen molar-refractivity contribution in [2.75, 3.05) is 45.7 Å². The molecule has 0 atom stereocenters. The van der Waals surface area contributed by atoms with Crippen molar-refractivity contribution in [3.63, 3.8) is 0 Å². The van der Waals surface area contributed by atoms with Crippen molar-refractivity contribution in [2.24, 2.45) is 0 Å². The number of ether oxygens (including phenoxy) is 2. The highest BCUT2D eigenvalue weighted by atomic mass is 16.5. The predicted octanol–water partition coefficient (Wildman–Crippen LogP) is 2.60. The average Bonchev–Trinajstić information content (AvgIpc) is 2.96. The Morgan fingerprint density at radius 3 is 2.63 bits per heavy atom. The highest BCUT2D eigenvalue weighted by Gasteiger charge is 2.10. The van der Waals surface area contributed by atoms with E-state index < -0.39 is 0 Å². The molecule has 2 rings (SSSR count). The van der Waals surface area contributed by atoms with Crippen molar-refractivity contribution in [1.29, 1.82) is 0 Å². The van der Waals surface area contributed by atoms with Crippen LogP contribution in [-0.4, -0.2) is 45.3 Å². The van der Waals surface area contributed by atoms with Gasteiger partial charge in [0.05, 0.1) is 19.9 Å². The van der Waals surface area contributed by atoms with Crippen molar-refractivity contribution in [1.82, 2.24) is 4.90 Å². The van der Waals surface area contributed by atoms with E-state index in [9.17, 15) is 0 Å². The predicted molar refractivity (Wildman–Crippen MR) is 78.3 cm³/mol. The Kier molecular flexibility index (Phi) is 5.33. The van der Waals surface area contributed by atoms with Crippen LogP contribution >= 0.6 is 0 Å². The van der Waals surface area contributed by atoms with E-state index in [1.54, 1.807) is 14.2 Å². The number of nitrogens with zero attached hydrogens (tertiary/aromatic N) is 1. The summed E-state index contributed by atoms with van der Waals surface area (Å²) in [5, 5.41) is 3.43. The molecule has 19 heavy (non-hydrogen) atoms. The third-order valence-corrected chi connectivity index (χ3v) is 3.57. The summed E-state index contributed by atoms with van der Waals surface area (Å²) in [5.41, 5.74) is 1.03. The van der Waals surface area contributed by atoms with E-state index >= 15 is 0 Å². The Morgan fingerprint density at radius 2 is 1.95 bits per heavy atom. The second kappa shape index (κ2) is 7.24. The summed E-state index contributed by atoms with van der Waals surface area (Å²) >= 11 is 0. The zero-order valence-electron chi connectivity index (χ0n) is 11.9. The van der Waals surface area contributed by atoms with Gasteiger partial charge >= 0.3 is 0 Å². The maximum absolute atomic E-state index is 5.37. The summed E-state index contributed by atoms with van der Waals surface area (Å²) < 4.78 is 10.6. The molecule has 0 spiro atoms. The summed E-state index contributed by atoms with van der Waals surface area (Å²) in [6.45, 7) is 4.70. The molecular formula is C15H24N2O2. The molecule has 0 bridgehead atoms. The van der Waals surface area contributed by atoms with Gasteiger partial charge in [0.25, 0.3) is 0 Å². The zero-order chi connectivity index (χ0) is 13.5. The van der Waals surface area contributed by atoms with Crippen LogP contribution in [0.4, 0.5) is 5.69 Å². The van der Waals surface area contributed by atoms with Crippen LogP contribution in [0.15, 0.2) is 18.2 Å². The quantitative estimate of drug-likeness (QED) is 0.768. The molecule has 4 nitrogen and oxygen atoms in total. The Hall–Kier alpha value is -1.42. The maximum Gasteiger partial charge on any atom is 0.145 e. The first-order valence-electron chi connectivity index (χ1n) is 7.02. The van der Waals surface area contributed by atoms with Gasteiger partial charge in [-0.2, -0.15) is 0 Å². The molecule has 1 aliphatic heterocycles. The monoisotopic (exact) mass is 264 g/mol. The fourth-order valence-electron chi connectivity index (χ4n) is 2.48. The van der Waals surface area contributed by atoms with Crippen molar-refractivity contribution in [3.8, 4) is 11.5 Å². The first kappa shape index (κ1) is 14.0. The minimum absolute atomic E-state index is 0.819. The van der Waals surface area contributed by atoms with E-state index in [1.165, 1.54) is 32.5 Å². The van der Waals surface area contributed by atoms with Gasteiger partial charge in [0.15, 0.2) is 0 Å². The number of likely N-dealkylation sites (tertiary alicyclic amines) is 1. The Balaban J connectivity index is 1.78. The molecule has 1 aromatic carbocycles. The van der Waals surface area contributed by atoms with E-state index in [2.05, 4.69) is 10.2 Å². The summed E-state index contributed by atoms with van der Waals surface area (Å²) in [6, 6.07) is 5.86. The van der Waals surface area contributed by atoms with Gasteiger partial charge < -0.3 is 19.7 Å². The Morgan fingerprint density at radius 1 is 1.16 bits per heavy atom. The third kappa shape index (κ3) is 4.03. The first-order valence-corrected chi connectivity index (χ1v) is 7.02. The lowest BCUT2D eigenvalue weighted by Crippen LogP contribution is -2.22. The number of anilines is 1. The molecule has 0 aliphatic carbocycles. The second-order valence-corrected chi connectivity index (χ2v) is 4.90. The molecular weight excluding hydrogens is 240 g/mol. The lowest BCUT2D eigenvalue weighted by Gasteiger charge is -2.16. The van der Waals surface area contributed by atoms with Crippen LogP contribution in [0, 0.1) is 0 Å². The van der Waals surface area contributed by atoms with Crippen LogP contribution in [0.3, 0.4) is 0 Å². The second-order valence-electron chi connectivity index (χ2n) is 4.90. The molecule has 1 aliphatic rings. The van der Waals surface area contributed by atoms with Crippen LogP contribution < -0.4 is 14.8 Å². The molecule has 0 radical (unpaired) electrons. The van der Waals surface area contributed by atoms with Gasteiger partial charge in [-0.05, 0) is 51.0 Å². The van der Waals surface area contributed by atoms with Gasteiger partial charge in [-0.3, -0.25) is 0 Å². The van der Waals surface area contributed by atoms with Crippen LogP contribution in [0.2, 0.25) is 0 Å².